The second-order valence-corrected chi connectivity index (χ2v) is 13.7. The quantitative estimate of drug-likeness (QED) is 0.188. The van der Waals surface area contributed by atoms with Crippen LogP contribution in [0.3, 0.4) is 0 Å². The minimum absolute atomic E-state index is 0.852. The van der Waals surface area contributed by atoms with Gasteiger partial charge in [-0.05, 0) is 96.1 Å². The highest BCUT2D eigenvalue weighted by Crippen LogP contribution is 2.41. The Morgan fingerprint density at radius 1 is 0.269 bits per heavy atom. The van der Waals surface area contributed by atoms with E-state index in [1.54, 1.807) is 0 Å². The third-order valence-corrected chi connectivity index (χ3v) is 10.9. The lowest BCUT2D eigenvalue weighted by atomic mass is 10.0. The van der Waals surface area contributed by atoms with Crippen LogP contribution in [0.2, 0.25) is 0 Å². The fraction of sp³-hybridized carbons (Fsp3) is 0. The smallest absolute Gasteiger partial charge is 0.136 e. The molecule has 0 bridgehead atoms. The van der Waals surface area contributed by atoms with E-state index in [9.17, 15) is 0 Å². The van der Waals surface area contributed by atoms with Gasteiger partial charge in [-0.3, -0.25) is 0 Å². The maximum absolute atomic E-state index is 6.52. The third-order valence-electron chi connectivity index (χ3n) is 10.9. The molecule has 0 spiro atoms. The predicted molar refractivity (Wildman–Crippen MR) is 215 cm³/mol. The van der Waals surface area contributed by atoms with E-state index in [-0.39, 0.29) is 0 Å². The molecular weight excluding hydrogens is 637 g/mol. The Morgan fingerprint density at radius 2 is 0.712 bits per heavy atom. The standard InChI is InChI=1S/C48H28N2O2/c1-2-10-31(11-3-1)49-43-17-9-6-14-35(43)36-24-29(18-21-44(36)49)30-19-22-45-37(25-30)39-27-48-40(28-47(39)51-45)38-26-32(20-23-46(38)52-48)50-41-15-7-4-12-33(41)34-13-5-8-16-42(34)50/h1-28H. The second-order valence-electron chi connectivity index (χ2n) is 13.7. The minimum atomic E-state index is 0.852. The first-order chi connectivity index (χ1) is 25.8. The van der Waals surface area contributed by atoms with Gasteiger partial charge in [0.2, 0.25) is 0 Å². The van der Waals surface area contributed by atoms with Crippen LogP contribution in [0, 0.1) is 0 Å². The summed E-state index contributed by atoms with van der Waals surface area (Å²) in [5.41, 5.74) is 12.8. The molecule has 0 N–H and O–H groups in total. The fourth-order valence-corrected chi connectivity index (χ4v) is 8.56. The molecule has 0 fully saturated rings. The molecule has 242 valence electrons. The summed E-state index contributed by atoms with van der Waals surface area (Å²) in [7, 11) is 0. The fourth-order valence-electron chi connectivity index (χ4n) is 8.56. The Bertz CT molecular complexity index is 3360. The van der Waals surface area contributed by atoms with E-state index >= 15 is 0 Å². The molecule has 0 aliphatic heterocycles. The first kappa shape index (κ1) is 27.7. The highest BCUT2D eigenvalue weighted by atomic mass is 16.3. The number of nitrogens with zero attached hydrogens (tertiary/aromatic N) is 2. The van der Waals surface area contributed by atoms with E-state index in [1.165, 1.54) is 49.2 Å². The lowest BCUT2D eigenvalue weighted by Crippen LogP contribution is -1.93. The van der Waals surface area contributed by atoms with Crippen molar-refractivity contribution in [1.82, 2.24) is 9.13 Å². The molecule has 0 aliphatic rings. The van der Waals surface area contributed by atoms with Gasteiger partial charge in [0.1, 0.15) is 22.3 Å². The van der Waals surface area contributed by atoms with Crippen molar-refractivity contribution >= 4 is 87.5 Å². The topological polar surface area (TPSA) is 36.1 Å². The summed E-state index contributed by atoms with van der Waals surface area (Å²) in [6.45, 7) is 0. The summed E-state index contributed by atoms with van der Waals surface area (Å²) in [5.74, 6) is 0. The highest BCUT2D eigenvalue weighted by molar-refractivity contribution is 6.16. The molecule has 4 heterocycles. The predicted octanol–water partition coefficient (Wildman–Crippen LogP) is 13.3. The van der Waals surface area contributed by atoms with Crippen LogP contribution in [0.15, 0.2) is 179 Å². The van der Waals surface area contributed by atoms with Crippen LogP contribution < -0.4 is 0 Å². The van der Waals surface area contributed by atoms with Crippen molar-refractivity contribution in [2.45, 2.75) is 0 Å². The van der Waals surface area contributed by atoms with Crippen LogP contribution in [0.25, 0.3) is 110 Å². The zero-order valence-corrected chi connectivity index (χ0v) is 27.9. The molecule has 0 saturated carbocycles. The van der Waals surface area contributed by atoms with Crippen LogP contribution in [-0.4, -0.2) is 9.13 Å². The molecule has 4 heteroatoms. The number of para-hydroxylation sites is 4. The summed E-state index contributed by atoms with van der Waals surface area (Å²) in [6, 6.07) is 60.6. The molecule has 52 heavy (non-hydrogen) atoms. The highest BCUT2D eigenvalue weighted by Gasteiger charge is 2.18. The maximum Gasteiger partial charge on any atom is 0.136 e. The number of furan rings is 2. The molecule has 4 nitrogen and oxygen atoms in total. The lowest BCUT2D eigenvalue weighted by Gasteiger charge is -2.08. The average molecular weight is 665 g/mol. The number of rotatable bonds is 3. The van der Waals surface area contributed by atoms with E-state index in [1.807, 2.05) is 0 Å². The minimum Gasteiger partial charge on any atom is -0.456 e. The van der Waals surface area contributed by atoms with Gasteiger partial charge < -0.3 is 18.0 Å². The average Bonchev–Trinajstić information content (AvgIpc) is 3.94. The van der Waals surface area contributed by atoms with Crippen LogP contribution in [-0.2, 0) is 0 Å². The van der Waals surface area contributed by atoms with Gasteiger partial charge in [-0.1, -0.05) is 84.9 Å². The van der Waals surface area contributed by atoms with Crippen molar-refractivity contribution < 1.29 is 8.83 Å². The SMILES string of the molecule is c1ccc(-n2c3ccccc3c3cc(-c4ccc5oc6cc7c(cc6c5c4)oc4ccc(-n5c6ccccc6c6ccccc65)cc47)ccc32)cc1. The Labute approximate surface area is 296 Å². The van der Waals surface area contributed by atoms with E-state index in [4.69, 9.17) is 8.83 Å². The van der Waals surface area contributed by atoms with Crippen molar-refractivity contribution in [2.24, 2.45) is 0 Å². The molecule has 0 radical (unpaired) electrons. The van der Waals surface area contributed by atoms with Crippen molar-refractivity contribution in [2.75, 3.05) is 0 Å². The van der Waals surface area contributed by atoms with Crippen LogP contribution in [0.1, 0.15) is 0 Å². The number of hydrogen-bond donors (Lipinski definition) is 0. The van der Waals surface area contributed by atoms with Gasteiger partial charge >= 0.3 is 0 Å². The summed E-state index contributed by atoms with van der Waals surface area (Å²) in [6.07, 6.45) is 0. The van der Waals surface area contributed by atoms with Gasteiger partial charge in [0.25, 0.3) is 0 Å². The molecule has 4 aromatic heterocycles. The monoisotopic (exact) mass is 664 g/mol. The summed E-state index contributed by atoms with van der Waals surface area (Å²) < 4.78 is 17.7. The van der Waals surface area contributed by atoms with Crippen molar-refractivity contribution in [3.8, 4) is 22.5 Å². The van der Waals surface area contributed by atoms with Crippen LogP contribution in [0.4, 0.5) is 0 Å². The zero-order chi connectivity index (χ0) is 33.9. The van der Waals surface area contributed by atoms with Gasteiger partial charge in [-0.2, -0.15) is 0 Å². The molecule has 0 amide bonds. The van der Waals surface area contributed by atoms with E-state index in [2.05, 4.69) is 179 Å². The molecule has 0 saturated heterocycles. The van der Waals surface area contributed by atoms with E-state index in [0.29, 0.717) is 0 Å². The van der Waals surface area contributed by atoms with E-state index in [0.717, 1.165) is 60.8 Å². The first-order valence-electron chi connectivity index (χ1n) is 17.7. The molecular formula is C48H28N2O2. The molecule has 0 atom stereocenters. The van der Waals surface area contributed by atoms with Crippen molar-refractivity contribution in [1.29, 1.82) is 0 Å². The second kappa shape index (κ2) is 10.3. The Kier molecular flexibility index (Phi) is 5.47. The van der Waals surface area contributed by atoms with E-state index < -0.39 is 0 Å². The van der Waals surface area contributed by atoms with Gasteiger partial charge in [-0.25, -0.2) is 0 Å². The third kappa shape index (κ3) is 3.81. The number of hydrogen-bond acceptors (Lipinski definition) is 2. The summed E-state index contributed by atoms with van der Waals surface area (Å²) in [5, 5.41) is 9.21. The Morgan fingerprint density at radius 3 is 1.35 bits per heavy atom. The number of benzene rings is 8. The largest absolute Gasteiger partial charge is 0.456 e. The number of fused-ring (bicyclic) bond motifs is 12. The van der Waals surface area contributed by atoms with Crippen LogP contribution >= 0.6 is 0 Å². The normalized spacial score (nSPS) is 12.2. The summed E-state index contributed by atoms with van der Waals surface area (Å²) >= 11 is 0. The first-order valence-corrected chi connectivity index (χ1v) is 17.7. The van der Waals surface area contributed by atoms with Crippen molar-refractivity contribution in [3.63, 3.8) is 0 Å². The molecule has 12 aromatic rings. The molecule has 0 aliphatic carbocycles. The molecule has 0 unspecified atom stereocenters. The lowest BCUT2D eigenvalue weighted by molar-refractivity contribution is 0.664. The molecule has 12 rings (SSSR count). The summed E-state index contributed by atoms with van der Waals surface area (Å²) in [4.78, 5) is 0. The van der Waals surface area contributed by atoms with Gasteiger partial charge in [-0.15, -0.1) is 0 Å². The van der Waals surface area contributed by atoms with Gasteiger partial charge in [0.05, 0.1) is 22.1 Å². The van der Waals surface area contributed by atoms with Crippen molar-refractivity contribution in [3.05, 3.63) is 170 Å². The van der Waals surface area contributed by atoms with Crippen LogP contribution in [0.5, 0.6) is 0 Å². The number of aromatic nitrogens is 2. The maximum atomic E-state index is 6.52. The van der Waals surface area contributed by atoms with Gasteiger partial charge in [0, 0.05) is 54.5 Å². The van der Waals surface area contributed by atoms with Gasteiger partial charge in [0.15, 0.2) is 0 Å². The molecule has 8 aromatic carbocycles. The Hall–Kier alpha value is -7.04. The zero-order valence-electron chi connectivity index (χ0n) is 27.9. The Balaban J connectivity index is 1.01.